The zero-order valence-corrected chi connectivity index (χ0v) is 7.92. The third kappa shape index (κ3) is 1.77. The van der Waals surface area contributed by atoms with E-state index in [2.05, 4.69) is 13.0 Å². The number of hydrogen-bond acceptors (Lipinski definition) is 2. The zero-order valence-electron chi connectivity index (χ0n) is 7.92. The molecule has 2 rings (SSSR count). The maximum Gasteiger partial charge on any atom is 0.142 e. The van der Waals surface area contributed by atoms with Gasteiger partial charge in [0.25, 0.3) is 0 Å². The standard InChI is InChI=1S/C11H15NO/c1-2-8-4-3-5-10(11(8)12)13-9-6-7-9/h3-5,9H,2,6-7,12H2,1H3. The maximum atomic E-state index is 5.94. The average molecular weight is 177 g/mol. The first-order chi connectivity index (χ1) is 6.31. The van der Waals surface area contributed by atoms with E-state index in [9.17, 15) is 0 Å². The fourth-order valence-corrected chi connectivity index (χ4v) is 1.37. The fraction of sp³-hybridized carbons (Fsp3) is 0.455. The summed E-state index contributed by atoms with van der Waals surface area (Å²) in [6, 6.07) is 6.01. The topological polar surface area (TPSA) is 35.2 Å². The molecule has 2 N–H and O–H groups in total. The summed E-state index contributed by atoms with van der Waals surface area (Å²) in [6.45, 7) is 2.10. The van der Waals surface area contributed by atoms with Crippen molar-refractivity contribution in [2.45, 2.75) is 32.3 Å². The van der Waals surface area contributed by atoms with Crippen LogP contribution in [0.4, 0.5) is 5.69 Å². The Bertz CT molecular complexity index is 305. The number of rotatable bonds is 3. The van der Waals surface area contributed by atoms with Gasteiger partial charge in [0.2, 0.25) is 0 Å². The van der Waals surface area contributed by atoms with Crippen molar-refractivity contribution >= 4 is 5.69 Å². The van der Waals surface area contributed by atoms with E-state index < -0.39 is 0 Å². The van der Waals surface area contributed by atoms with Gasteiger partial charge in [0.1, 0.15) is 5.75 Å². The highest BCUT2D eigenvalue weighted by atomic mass is 16.5. The molecule has 1 fully saturated rings. The number of nitrogens with two attached hydrogens (primary N) is 1. The quantitative estimate of drug-likeness (QED) is 0.719. The van der Waals surface area contributed by atoms with Gasteiger partial charge < -0.3 is 10.5 Å². The lowest BCUT2D eigenvalue weighted by molar-refractivity contribution is 0.304. The summed E-state index contributed by atoms with van der Waals surface area (Å²) in [6.07, 6.45) is 3.74. The Hall–Kier alpha value is -1.18. The Balaban J connectivity index is 2.22. The van der Waals surface area contributed by atoms with Crippen molar-refractivity contribution in [2.75, 3.05) is 5.73 Å². The third-order valence-corrected chi connectivity index (χ3v) is 2.36. The molecule has 0 aromatic heterocycles. The molecule has 2 nitrogen and oxygen atoms in total. The van der Waals surface area contributed by atoms with Gasteiger partial charge in [-0.25, -0.2) is 0 Å². The molecule has 1 aromatic carbocycles. The molecule has 0 unspecified atom stereocenters. The molecule has 70 valence electrons. The van der Waals surface area contributed by atoms with Gasteiger partial charge in [-0.05, 0) is 30.9 Å². The average Bonchev–Trinajstić information content (AvgIpc) is 2.92. The molecule has 0 aliphatic heterocycles. The van der Waals surface area contributed by atoms with Crippen molar-refractivity contribution in [2.24, 2.45) is 0 Å². The second-order valence-electron chi connectivity index (χ2n) is 3.50. The highest BCUT2D eigenvalue weighted by molar-refractivity contribution is 5.58. The molecule has 1 aliphatic carbocycles. The minimum absolute atomic E-state index is 0.425. The van der Waals surface area contributed by atoms with Crippen LogP contribution in [0.15, 0.2) is 18.2 Å². The molecule has 0 bridgehead atoms. The third-order valence-electron chi connectivity index (χ3n) is 2.36. The summed E-state index contributed by atoms with van der Waals surface area (Å²) in [7, 11) is 0. The summed E-state index contributed by atoms with van der Waals surface area (Å²) in [4.78, 5) is 0. The van der Waals surface area contributed by atoms with E-state index in [-0.39, 0.29) is 0 Å². The van der Waals surface area contributed by atoms with E-state index in [4.69, 9.17) is 10.5 Å². The van der Waals surface area contributed by atoms with Crippen molar-refractivity contribution in [3.63, 3.8) is 0 Å². The highest BCUT2D eigenvalue weighted by Crippen LogP contribution is 2.32. The van der Waals surface area contributed by atoms with Crippen molar-refractivity contribution in [1.29, 1.82) is 0 Å². The molecule has 0 spiro atoms. The van der Waals surface area contributed by atoms with Gasteiger partial charge in [0, 0.05) is 0 Å². The lowest BCUT2D eigenvalue weighted by atomic mass is 10.1. The SMILES string of the molecule is CCc1cccc(OC2CC2)c1N. The van der Waals surface area contributed by atoms with E-state index in [1.165, 1.54) is 18.4 Å². The minimum Gasteiger partial charge on any atom is -0.488 e. The molecule has 0 saturated heterocycles. The summed E-state index contributed by atoms with van der Waals surface area (Å²) >= 11 is 0. The van der Waals surface area contributed by atoms with E-state index in [1.54, 1.807) is 0 Å². The van der Waals surface area contributed by atoms with Gasteiger partial charge in [-0.15, -0.1) is 0 Å². The van der Waals surface area contributed by atoms with E-state index in [1.807, 2.05) is 12.1 Å². The molecule has 13 heavy (non-hydrogen) atoms. The van der Waals surface area contributed by atoms with Gasteiger partial charge in [-0.1, -0.05) is 19.1 Å². The first-order valence-electron chi connectivity index (χ1n) is 4.85. The van der Waals surface area contributed by atoms with Crippen LogP contribution in [-0.4, -0.2) is 6.10 Å². The first-order valence-corrected chi connectivity index (χ1v) is 4.85. The Morgan fingerprint density at radius 2 is 2.23 bits per heavy atom. The van der Waals surface area contributed by atoms with Gasteiger partial charge in [0.05, 0.1) is 11.8 Å². The minimum atomic E-state index is 0.425. The second kappa shape index (κ2) is 3.29. The van der Waals surface area contributed by atoms with Crippen LogP contribution in [0.1, 0.15) is 25.3 Å². The maximum absolute atomic E-state index is 5.94. The second-order valence-corrected chi connectivity index (χ2v) is 3.50. The number of para-hydroxylation sites is 1. The van der Waals surface area contributed by atoms with Crippen LogP contribution < -0.4 is 10.5 Å². The van der Waals surface area contributed by atoms with Crippen molar-refractivity contribution in [1.82, 2.24) is 0 Å². The van der Waals surface area contributed by atoms with Crippen molar-refractivity contribution in [3.8, 4) is 5.75 Å². The highest BCUT2D eigenvalue weighted by Gasteiger charge is 2.24. The summed E-state index contributed by atoms with van der Waals surface area (Å²) < 4.78 is 5.67. The number of anilines is 1. The molecule has 1 aromatic rings. The lowest BCUT2D eigenvalue weighted by Crippen LogP contribution is -2.01. The molecule has 0 amide bonds. The first kappa shape index (κ1) is 8.42. The zero-order chi connectivity index (χ0) is 9.26. The monoisotopic (exact) mass is 177 g/mol. The van der Waals surface area contributed by atoms with E-state index >= 15 is 0 Å². The summed E-state index contributed by atoms with van der Waals surface area (Å²) in [5.41, 5.74) is 7.94. The van der Waals surface area contributed by atoms with Crippen LogP contribution in [0, 0.1) is 0 Å². The molecule has 1 saturated carbocycles. The van der Waals surface area contributed by atoms with Gasteiger partial charge in [-0.2, -0.15) is 0 Å². The normalized spacial score (nSPS) is 15.8. The Morgan fingerprint density at radius 1 is 1.46 bits per heavy atom. The van der Waals surface area contributed by atoms with E-state index in [0.717, 1.165) is 17.9 Å². The largest absolute Gasteiger partial charge is 0.488 e. The van der Waals surface area contributed by atoms with Crippen LogP contribution in [0.3, 0.4) is 0 Å². The molecule has 2 heteroatoms. The van der Waals surface area contributed by atoms with E-state index in [0.29, 0.717) is 6.10 Å². The van der Waals surface area contributed by atoms with Crippen LogP contribution >= 0.6 is 0 Å². The lowest BCUT2D eigenvalue weighted by Gasteiger charge is -2.10. The number of nitrogen functional groups attached to an aromatic ring is 1. The molecule has 0 radical (unpaired) electrons. The Labute approximate surface area is 78.7 Å². The Morgan fingerprint density at radius 3 is 2.85 bits per heavy atom. The van der Waals surface area contributed by atoms with Crippen molar-refractivity contribution in [3.05, 3.63) is 23.8 Å². The van der Waals surface area contributed by atoms with Crippen LogP contribution in [-0.2, 0) is 6.42 Å². The fourth-order valence-electron chi connectivity index (χ4n) is 1.37. The molecular weight excluding hydrogens is 162 g/mol. The molecule has 0 atom stereocenters. The number of benzene rings is 1. The predicted octanol–water partition coefficient (Wildman–Crippen LogP) is 2.37. The number of ether oxygens (including phenoxy) is 1. The smallest absolute Gasteiger partial charge is 0.142 e. The summed E-state index contributed by atoms with van der Waals surface area (Å²) in [5, 5.41) is 0. The van der Waals surface area contributed by atoms with Gasteiger partial charge >= 0.3 is 0 Å². The van der Waals surface area contributed by atoms with Gasteiger partial charge in [-0.3, -0.25) is 0 Å². The summed E-state index contributed by atoms with van der Waals surface area (Å²) in [5.74, 6) is 0.863. The Kier molecular flexibility index (Phi) is 2.13. The van der Waals surface area contributed by atoms with Crippen LogP contribution in [0.2, 0.25) is 0 Å². The molecular formula is C11H15NO. The van der Waals surface area contributed by atoms with Crippen LogP contribution in [0.25, 0.3) is 0 Å². The van der Waals surface area contributed by atoms with Crippen molar-refractivity contribution < 1.29 is 4.74 Å². The molecule has 1 aliphatic rings. The number of aryl methyl sites for hydroxylation is 1. The predicted molar refractivity (Wildman–Crippen MR) is 53.9 cm³/mol. The van der Waals surface area contributed by atoms with Gasteiger partial charge in [0.15, 0.2) is 0 Å². The molecule has 0 heterocycles. The van der Waals surface area contributed by atoms with Crippen LogP contribution in [0.5, 0.6) is 5.75 Å². The number of hydrogen-bond donors (Lipinski definition) is 1.